The van der Waals surface area contributed by atoms with Crippen molar-refractivity contribution in [3.05, 3.63) is 93.5 Å². The number of fused-ring (bicyclic) bond motifs is 1. The Labute approximate surface area is 221 Å². The number of hydrogen-bond donors (Lipinski definition) is 1. The molecule has 1 aliphatic rings. The number of benzene rings is 3. The molecule has 1 amide bonds. The molecule has 8 heteroatoms. The Hall–Kier alpha value is -3.49. The average molecular weight is 563 g/mol. The van der Waals surface area contributed by atoms with Gasteiger partial charge in [0.2, 0.25) is 0 Å². The van der Waals surface area contributed by atoms with E-state index in [4.69, 9.17) is 4.74 Å². The van der Waals surface area contributed by atoms with Crippen LogP contribution in [0.15, 0.2) is 76.8 Å². The van der Waals surface area contributed by atoms with Gasteiger partial charge in [0.05, 0.1) is 28.4 Å². The van der Waals surface area contributed by atoms with Crippen LogP contribution in [0, 0.1) is 6.92 Å². The van der Waals surface area contributed by atoms with E-state index in [0.29, 0.717) is 28.6 Å². The second-order valence-corrected chi connectivity index (χ2v) is 10.5. The highest BCUT2D eigenvalue weighted by Gasteiger charge is 2.48. The van der Waals surface area contributed by atoms with Gasteiger partial charge in [0.25, 0.3) is 5.78 Å². The standard InChI is InChI=1S/C28H23BrN2O4S/c1-3-13-35-20-10-8-17(9-11-20)25(32)23-24(18-5-4-6-19(29)15-18)31(27(34)26(23)33)28-30-21-12-7-16(2)14-22(21)36-28/h4-12,14-15,24,32H,3,13H2,1-2H3. The summed E-state index contributed by atoms with van der Waals surface area (Å²) in [6.07, 6.45) is 0.878. The van der Waals surface area contributed by atoms with Gasteiger partial charge in [-0.2, -0.15) is 0 Å². The SMILES string of the molecule is CCCOc1ccc(C(O)=C2C(=O)C(=O)N(c3nc4ccc(C)cc4s3)C2c2cccc(Br)c2)cc1. The van der Waals surface area contributed by atoms with Crippen LogP contribution in [0.1, 0.15) is 36.1 Å². The minimum atomic E-state index is -0.833. The number of anilines is 1. The molecule has 1 saturated heterocycles. The summed E-state index contributed by atoms with van der Waals surface area (Å²) in [6.45, 7) is 4.60. The summed E-state index contributed by atoms with van der Waals surface area (Å²) in [5.74, 6) is -1.04. The molecule has 6 nitrogen and oxygen atoms in total. The summed E-state index contributed by atoms with van der Waals surface area (Å²) in [7, 11) is 0. The number of aryl methyl sites for hydroxylation is 1. The van der Waals surface area contributed by atoms with E-state index in [1.807, 2.05) is 56.3 Å². The molecule has 1 unspecified atom stereocenters. The van der Waals surface area contributed by atoms with Crippen LogP contribution >= 0.6 is 27.3 Å². The largest absolute Gasteiger partial charge is 0.507 e. The lowest BCUT2D eigenvalue weighted by atomic mass is 9.95. The molecule has 5 rings (SSSR count). The summed E-state index contributed by atoms with van der Waals surface area (Å²) in [6, 6.07) is 19.3. The Morgan fingerprint density at radius 2 is 1.89 bits per heavy atom. The first kappa shape index (κ1) is 24.2. The first-order chi connectivity index (χ1) is 17.4. The molecule has 3 aromatic carbocycles. The van der Waals surface area contributed by atoms with Crippen LogP contribution in [0.5, 0.6) is 5.75 Å². The van der Waals surface area contributed by atoms with Crippen LogP contribution in [0.3, 0.4) is 0 Å². The Kier molecular flexibility index (Phi) is 6.64. The van der Waals surface area contributed by atoms with Crippen molar-refractivity contribution in [3.63, 3.8) is 0 Å². The van der Waals surface area contributed by atoms with Gasteiger partial charge in [-0.3, -0.25) is 14.5 Å². The monoisotopic (exact) mass is 562 g/mol. The maximum atomic E-state index is 13.4. The second-order valence-electron chi connectivity index (χ2n) is 8.56. The van der Waals surface area contributed by atoms with Crippen molar-refractivity contribution in [3.8, 4) is 5.75 Å². The lowest BCUT2D eigenvalue weighted by Crippen LogP contribution is -2.29. The molecule has 4 aromatic rings. The van der Waals surface area contributed by atoms with Gasteiger partial charge in [0.1, 0.15) is 11.5 Å². The maximum Gasteiger partial charge on any atom is 0.301 e. The molecule has 0 spiro atoms. The number of Topliss-reactive ketones (excluding diaryl/α,β-unsaturated/α-hetero) is 1. The zero-order valence-corrected chi connectivity index (χ0v) is 22.1. The van der Waals surface area contributed by atoms with E-state index in [1.54, 1.807) is 24.3 Å². The smallest absolute Gasteiger partial charge is 0.301 e. The van der Waals surface area contributed by atoms with Crippen LogP contribution < -0.4 is 9.64 Å². The van der Waals surface area contributed by atoms with Crippen molar-refractivity contribution in [2.75, 3.05) is 11.5 Å². The zero-order valence-electron chi connectivity index (χ0n) is 19.7. The molecule has 182 valence electrons. The average Bonchev–Trinajstić information content (AvgIpc) is 3.40. The molecular formula is C28H23BrN2O4S. The van der Waals surface area contributed by atoms with Crippen LogP contribution in [0.25, 0.3) is 16.0 Å². The number of aliphatic hydroxyl groups excluding tert-OH is 1. The van der Waals surface area contributed by atoms with Crippen LogP contribution in [-0.2, 0) is 9.59 Å². The number of carbonyl (C=O) groups excluding carboxylic acids is 2. The number of aromatic nitrogens is 1. The molecule has 1 aliphatic heterocycles. The molecule has 0 saturated carbocycles. The fraction of sp³-hybridized carbons (Fsp3) is 0.179. The first-order valence-electron chi connectivity index (χ1n) is 11.5. The number of ether oxygens (including phenoxy) is 1. The third-order valence-corrected chi connectivity index (χ3v) is 7.46. The summed E-state index contributed by atoms with van der Waals surface area (Å²) in [5, 5.41) is 11.7. The highest BCUT2D eigenvalue weighted by molar-refractivity contribution is 9.10. The third kappa shape index (κ3) is 4.42. The van der Waals surface area contributed by atoms with Crippen molar-refractivity contribution in [2.45, 2.75) is 26.3 Å². The Balaban J connectivity index is 1.65. The summed E-state index contributed by atoms with van der Waals surface area (Å²) in [4.78, 5) is 32.8. The predicted octanol–water partition coefficient (Wildman–Crippen LogP) is 6.78. The van der Waals surface area contributed by atoms with Gasteiger partial charge in [-0.25, -0.2) is 4.98 Å². The minimum Gasteiger partial charge on any atom is -0.507 e. The van der Waals surface area contributed by atoms with Gasteiger partial charge in [-0.05, 0) is 73.0 Å². The predicted molar refractivity (Wildman–Crippen MR) is 146 cm³/mol. The van der Waals surface area contributed by atoms with Gasteiger partial charge in [-0.1, -0.05) is 52.4 Å². The molecule has 2 heterocycles. The minimum absolute atomic E-state index is 0.0239. The molecule has 1 fully saturated rings. The topological polar surface area (TPSA) is 79.7 Å². The van der Waals surface area contributed by atoms with Crippen molar-refractivity contribution >= 4 is 60.1 Å². The number of ketones is 1. The van der Waals surface area contributed by atoms with E-state index in [1.165, 1.54) is 16.2 Å². The lowest BCUT2D eigenvalue weighted by molar-refractivity contribution is -0.132. The molecule has 0 radical (unpaired) electrons. The third-order valence-electron chi connectivity index (χ3n) is 5.95. The van der Waals surface area contributed by atoms with Gasteiger partial charge in [0, 0.05) is 10.0 Å². The van der Waals surface area contributed by atoms with Crippen molar-refractivity contribution in [1.82, 2.24) is 4.98 Å². The van der Waals surface area contributed by atoms with E-state index >= 15 is 0 Å². The molecule has 36 heavy (non-hydrogen) atoms. The molecule has 1 aromatic heterocycles. The maximum absolute atomic E-state index is 13.4. The number of thiazole rings is 1. The van der Waals surface area contributed by atoms with Crippen LogP contribution in [0.4, 0.5) is 5.13 Å². The first-order valence-corrected chi connectivity index (χ1v) is 13.1. The molecule has 0 aliphatic carbocycles. The van der Waals surface area contributed by atoms with E-state index < -0.39 is 17.7 Å². The number of aliphatic hydroxyl groups is 1. The zero-order chi connectivity index (χ0) is 25.4. The quantitative estimate of drug-likeness (QED) is 0.159. The van der Waals surface area contributed by atoms with Crippen molar-refractivity contribution in [1.29, 1.82) is 0 Å². The number of halogens is 1. The van der Waals surface area contributed by atoms with Gasteiger partial charge in [0.15, 0.2) is 5.13 Å². The number of amides is 1. The van der Waals surface area contributed by atoms with E-state index in [0.717, 1.165) is 26.7 Å². The lowest BCUT2D eigenvalue weighted by Gasteiger charge is -2.23. The van der Waals surface area contributed by atoms with Gasteiger partial charge < -0.3 is 9.84 Å². The number of nitrogens with zero attached hydrogens (tertiary/aromatic N) is 2. The summed E-state index contributed by atoms with van der Waals surface area (Å²) >= 11 is 4.83. The fourth-order valence-corrected chi connectivity index (χ4v) is 5.74. The van der Waals surface area contributed by atoms with Crippen LogP contribution in [0.2, 0.25) is 0 Å². The Morgan fingerprint density at radius 3 is 2.61 bits per heavy atom. The number of rotatable bonds is 6. The second kappa shape index (κ2) is 9.87. The van der Waals surface area contributed by atoms with Crippen LogP contribution in [-0.4, -0.2) is 28.4 Å². The molecule has 1 N–H and O–H groups in total. The number of hydrogen-bond acceptors (Lipinski definition) is 6. The highest BCUT2D eigenvalue weighted by atomic mass is 79.9. The van der Waals surface area contributed by atoms with Crippen molar-refractivity contribution in [2.24, 2.45) is 0 Å². The summed E-state index contributed by atoms with van der Waals surface area (Å²) in [5.41, 5.74) is 2.96. The summed E-state index contributed by atoms with van der Waals surface area (Å²) < 4.78 is 7.34. The van der Waals surface area contributed by atoms with Crippen molar-refractivity contribution < 1.29 is 19.4 Å². The highest BCUT2D eigenvalue weighted by Crippen LogP contribution is 2.44. The fourth-order valence-electron chi connectivity index (χ4n) is 4.23. The van der Waals surface area contributed by atoms with E-state index in [2.05, 4.69) is 20.9 Å². The Morgan fingerprint density at radius 1 is 1.11 bits per heavy atom. The normalized spacial score (nSPS) is 17.2. The van der Waals surface area contributed by atoms with E-state index in [9.17, 15) is 14.7 Å². The number of carbonyl (C=O) groups is 2. The Bertz CT molecular complexity index is 1510. The molecule has 1 atom stereocenters. The van der Waals surface area contributed by atoms with Gasteiger partial charge in [-0.15, -0.1) is 0 Å². The molecule has 0 bridgehead atoms. The molecular weight excluding hydrogens is 540 g/mol. The van der Waals surface area contributed by atoms with Gasteiger partial charge >= 0.3 is 5.91 Å². The van der Waals surface area contributed by atoms with E-state index in [-0.39, 0.29) is 11.3 Å².